The Hall–Kier alpha value is -2.73. The highest BCUT2D eigenvalue weighted by Crippen LogP contribution is 2.25. The normalized spacial score (nSPS) is 17.2. The first kappa shape index (κ1) is 14.8. The summed E-state index contributed by atoms with van der Waals surface area (Å²) in [4.78, 5) is 16.9. The van der Waals surface area contributed by atoms with Gasteiger partial charge in [-0.2, -0.15) is 5.10 Å². The topological polar surface area (TPSA) is 66.2 Å². The van der Waals surface area contributed by atoms with E-state index >= 15 is 0 Å². The average Bonchev–Trinajstić information content (AvgIpc) is 3.28. The second kappa shape index (κ2) is 6.41. The number of rotatable bonds is 4. The lowest BCUT2D eigenvalue weighted by molar-refractivity contribution is 0.0466. The summed E-state index contributed by atoms with van der Waals surface area (Å²) in [5.74, 6) is -0.436. The molecule has 3 aromatic rings. The molecule has 122 valence electrons. The average molecular weight is 323 g/mol. The van der Waals surface area contributed by atoms with Gasteiger partial charge in [0.2, 0.25) is 0 Å². The Bertz CT molecular complexity index is 854. The van der Waals surface area contributed by atoms with E-state index < -0.39 is 5.97 Å². The van der Waals surface area contributed by atoms with Crippen LogP contribution < -0.4 is 0 Å². The summed E-state index contributed by atoms with van der Waals surface area (Å²) in [5.41, 5.74) is 1.94. The maximum atomic E-state index is 12.5. The molecule has 1 aromatic carbocycles. The molecule has 0 aliphatic carbocycles. The first-order valence-electron chi connectivity index (χ1n) is 7.95. The van der Waals surface area contributed by atoms with Crippen molar-refractivity contribution < 1.29 is 14.3 Å². The van der Waals surface area contributed by atoms with E-state index in [1.54, 1.807) is 16.9 Å². The monoisotopic (exact) mass is 323 g/mol. The minimum atomic E-state index is -0.436. The van der Waals surface area contributed by atoms with Gasteiger partial charge in [-0.25, -0.2) is 14.5 Å². The SMILES string of the molecule is O=C(OCc1ccccc1)c1nn([C@@H]2CCOC2)c2ncccc12. The lowest BCUT2D eigenvalue weighted by Crippen LogP contribution is -2.12. The third kappa shape index (κ3) is 2.76. The van der Waals surface area contributed by atoms with E-state index in [9.17, 15) is 4.79 Å². The number of ether oxygens (including phenoxy) is 2. The highest BCUT2D eigenvalue weighted by molar-refractivity contribution is 6.01. The maximum absolute atomic E-state index is 12.5. The molecule has 1 fully saturated rings. The fourth-order valence-electron chi connectivity index (χ4n) is 2.89. The molecule has 1 atom stereocenters. The van der Waals surface area contributed by atoms with Crippen molar-refractivity contribution in [3.05, 3.63) is 59.9 Å². The number of fused-ring (bicyclic) bond motifs is 1. The molecule has 0 N–H and O–H groups in total. The van der Waals surface area contributed by atoms with Gasteiger partial charge in [0, 0.05) is 12.8 Å². The Balaban J connectivity index is 1.62. The molecule has 2 aromatic heterocycles. The molecule has 0 radical (unpaired) electrons. The van der Waals surface area contributed by atoms with Crippen LogP contribution in [0.25, 0.3) is 11.0 Å². The summed E-state index contributed by atoms with van der Waals surface area (Å²) in [6.45, 7) is 1.51. The molecule has 0 amide bonds. The van der Waals surface area contributed by atoms with Gasteiger partial charge in [0.15, 0.2) is 11.3 Å². The van der Waals surface area contributed by atoms with Crippen molar-refractivity contribution in [2.24, 2.45) is 0 Å². The van der Waals surface area contributed by atoms with E-state index in [0.717, 1.165) is 12.0 Å². The Morgan fingerprint density at radius 1 is 1.25 bits per heavy atom. The van der Waals surface area contributed by atoms with E-state index in [2.05, 4.69) is 10.1 Å². The van der Waals surface area contributed by atoms with Crippen molar-refractivity contribution in [3.63, 3.8) is 0 Å². The molecule has 4 rings (SSSR count). The smallest absolute Gasteiger partial charge is 0.359 e. The van der Waals surface area contributed by atoms with Gasteiger partial charge in [-0.05, 0) is 24.1 Å². The molecule has 0 spiro atoms. The van der Waals surface area contributed by atoms with Crippen LogP contribution in [0.4, 0.5) is 0 Å². The number of hydrogen-bond donors (Lipinski definition) is 0. The van der Waals surface area contributed by atoms with Crippen LogP contribution in [0.2, 0.25) is 0 Å². The van der Waals surface area contributed by atoms with E-state index in [4.69, 9.17) is 9.47 Å². The molecular weight excluding hydrogens is 306 g/mol. The summed E-state index contributed by atoms with van der Waals surface area (Å²) in [5, 5.41) is 5.19. The summed E-state index contributed by atoms with van der Waals surface area (Å²) >= 11 is 0. The second-order valence-corrected chi connectivity index (χ2v) is 5.75. The summed E-state index contributed by atoms with van der Waals surface area (Å²) < 4.78 is 12.6. The largest absolute Gasteiger partial charge is 0.456 e. The fourth-order valence-corrected chi connectivity index (χ4v) is 2.89. The molecule has 0 unspecified atom stereocenters. The Labute approximate surface area is 139 Å². The standard InChI is InChI=1S/C18H17N3O3/c22-18(24-11-13-5-2-1-3-6-13)16-15-7-4-9-19-17(15)21(20-16)14-8-10-23-12-14/h1-7,9,14H,8,10-12H2/t14-/m1/s1. The number of hydrogen-bond acceptors (Lipinski definition) is 5. The minimum Gasteiger partial charge on any atom is -0.456 e. The number of carbonyl (C=O) groups excluding carboxylic acids is 1. The van der Waals surface area contributed by atoms with Gasteiger partial charge in [0.1, 0.15) is 6.61 Å². The molecule has 6 heteroatoms. The zero-order chi connectivity index (χ0) is 16.4. The van der Waals surface area contributed by atoms with Crippen molar-refractivity contribution in [1.82, 2.24) is 14.8 Å². The number of carbonyl (C=O) groups is 1. The Morgan fingerprint density at radius 3 is 2.92 bits per heavy atom. The highest BCUT2D eigenvalue weighted by Gasteiger charge is 2.25. The van der Waals surface area contributed by atoms with E-state index in [1.807, 2.05) is 36.4 Å². The van der Waals surface area contributed by atoms with Crippen LogP contribution >= 0.6 is 0 Å². The molecule has 0 bridgehead atoms. The van der Waals surface area contributed by atoms with Crippen LogP contribution in [0.15, 0.2) is 48.7 Å². The van der Waals surface area contributed by atoms with Gasteiger partial charge >= 0.3 is 5.97 Å². The lowest BCUT2D eigenvalue weighted by atomic mass is 10.2. The third-order valence-electron chi connectivity index (χ3n) is 4.12. The maximum Gasteiger partial charge on any atom is 0.359 e. The van der Waals surface area contributed by atoms with Crippen molar-refractivity contribution in [1.29, 1.82) is 0 Å². The third-order valence-corrected chi connectivity index (χ3v) is 4.12. The van der Waals surface area contributed by atoms with E-state index in [0.29, 0.717) is 29.9 Å². The molecule has 6 nitrogen and oxygen atoms in total. The van der Waals surface area contributed by atoms with Crippen LogP contribution in [0.5, 0.6) is 0 Å². The van der Waals surface area contributed by atoms with Gasteiger partial charge in [-0.3, -0.25) is 0 Å². The number of nitrogens with zero attached hydrogens (tertiary/aromatic N) is 3. The van der Waals surface area contributed by atoms with Gasteiger partial charge in [-0.1, -0.05) is 30.3 Å². The Morgan fingerprint density at radius 2 is 2.12 bits per heavy atom. The fraction of sp³-hybridized carbons (Fsp3) is 0.278. The van der Waals surface area contributed by atoms with Crippen LogP contribution in [0, 0.1) is 0 Å². The predicted octanol–water partition coefficient (Wildman–Crippen LogP) is 2.75. The van der Waals surface area contributed by atoms with Gasteiger partial charge in [0.25, 0.3) is 0 Å². The predicted molar refractivity (Wildman–Crippen MR) is 87.6 cm³/mol. The van der Waals surface area contributed by atoms with E-state index in [1.165, 1.54) is 0 Å². The highest BCUT2D eigenvalue weighted by atomic mass is 16.5. The van der Waals surface area contributed by atoms with Crippen LogP contribution in [0.3, 0.4) is 0 Å². The van der Waals surface area contributed by atoms with Crippen molar-refractivity contribution >= 4 is 17.0 Å². The van der Waals surface area contributed by atoms with Crippen LogP contribution in [-0.2, 0) is 16.1 Å². The quantitative estimate of drug-likeness (QED) is 0.691. The zero-order valence-electron chi connectivity index (χ0n) is 13.1. The van der Waals surface area contributed by atoms with Crippen LogP contribution in [0.1, 0.15) is 28.5 Å². The summed E-state index contributed by atoms with van der Waals surface area (Å²) in [7, 11) is 0. The molecule has 1 saturated heterocycles. The number of benzene rings is 1. The molecular formula is C18H17N3O3. The molecule has 24 heavy (non-hydrogen) atoms. The summed E-state index contributed by atoms with van der Waals surface area (Å²) in [6.07, 6.45) is 2.57. The molecule has 1 aliphatic rings. The van der Waals surface area contributed by atoms with Gasteiger partial charge in [-0.15, -0.1) is 0 Å². The number of aromatic nitrogens is 3. The lowest BCUT2D eigenvalue weighted by Gasteiger charge is -2.08. The second-order valence-electron chi connectivity index (χ2n) is 5.75. The number of esters is 1. The molecule has 0 saturated carbocycles. The van der Waals surface area contributed by atoms with Gasteiger partial charge in [0.05, 0.1) is 18.0 Å². The van der Waals surface area contributed by atoms with E-state index in [-0.39, 0.29) is 12.6 Å². The van der Waals surface area contributed by atoms with Gasteiger partial charge < -0.3 is 9.47 Å². The molecule has 1 aliphatic heterocycles. The Kier molecular flexibility index (Phi) is 3.96. The molecule has 3 heterocycles. The number of pyridine rings is 1. The minimum absolute atomic E-state index is 0.109. The zero-order valence-corrected chi connectivity index (χ0v) is 13.1. The summed E-state index contributed by atoms with van der Waals surface area (Å²) in [6, 6.07) is 13.3. The van der Waals surface area contributed by atoms with Crippen molar-refractivity contribution in [2.75, 3.05) is 13.2 Å². The first-order valence-corrected chi connectivity index (χ1v) is 7.95. The van der Waals surface area contributed by atoms with Crippen LogP contribution in [-0.4, -0.2) is 33.9 Å². The van der Waals surface area contributed by atoms with Crippen molar-refractivity contribution in [2.45, 2.75) is 19.1 Å². The van der Waals surface area contributed by atoms with Crippen molar-refractivity contribution in [3.8, 4) is 0 Å². The first-order chi connectivity index (χ1) is 11.8.